The summed E-state index contributed by atoms with van der Waals surface area (Å²) in [7, 11) is 0. The van der Waals surface area contributed by atoms with Crippen molar-refractivity contribution in [3.63, 3.8) is 0 Å². The standard InChI is InChI=1S/C11H17NO5/c1-11(16)4-5-12(6-11)9(13)7-2-3-8(17-7)10(14)15/h7-8,16H,2-6H2,1H3,(H,14,15). The number of hydrogen-bond donors (Lipinski definition) is 2. The number of carbonyl (C=O) groups excluding carboxylic acids is 1. The van der Waals surface area contributed by atoms with Gasteiger partial charge in [-0.05, 0) is 26.2 Å². The highest BCUT2D eigenvalue weighted by Crippen LogP contribution is 2.26. The van der Waals surface area contributed by atoms with Crippen molar-refractivity contribution in [2.24, 2.45) is 0 Å². The third-order valence-corrected chi connectivity index (χ3v) is 3.33. The maximum absolute atomic E-state index is 12.0. The number of hydrogen-bond acceptors (Lipinski definition) is 4. The molecule has 0 aliphatic carbocycles. The molecule has 2 N–H and O–H groups in total. The molecule has 2 saturated heterocycles. The van der Waals surface area contributed by atoms with E-state index in [1.54, 1.807) is 11.8 Å². The lowest BCUT2D eigenvalue weighted by Crippen LogP contribution is -2.40. The van der Waals surface area contributed by atoms with Gasteiger partial charge in [-0.25, -0.2) is 4.79 Å². The average molecular weight is 243 g/mol. The molecule has 2 aliphatic rings. The molecule has 0 radical (unpaired) electrons. The summed E-state index contributed by atoms with van der Waals surface area (Å²) in [6.07, 6.45) is -0.171. The Labute approximate surface area is 99.2 Å². The number of aliphatic carboxylic acids is 1. The van der Waals surface area contributed by atoms with Crippen LogP contribution in [-0.2, 0) is 14.3 Å². The average Bonchev–Trinajstić information content (AvgIpc) is 2.83. The number of ether oxygens (including phenoxy) is 1. The Bertz CT molecular complexity index is 341. The van der Waals surface area contributed by atoms with E-state index in [0.717, 1.165) is 0 Å². The number of carboxylic acid groups (broad SMARTS) is 1. The van der Waals surface area contributed by atoms with Crippen LogP contribution in [0, 0.1) is 0 Å². The molecule has 17 heavy (non-hydrogen) atoms. The number of nitrogens with zero attached hydrogens (tertiary/aromatic N) is 1. The lowest BCUT2D eigenvalue weighted by molar-refractivity contribution is -0.154. The van der Waals surface area contributed by atoms with Gasteiger partial charge in [-0.2, -0.15) is 0 Å². The molecule has 0 saturated carbocycles. The minimum absolute atomic E-state index is 0.202. The summed E-state index contributed by atoms with van der Waals surface area (Å²) in [4.78, 5) is 24.3. The Balaban J connectivity index is 1.92. The van der Waals surface area contributed by atoms with Crippen LogP contribution in [0.3, 0.4) is 0 Å². The van der Waals surface area contributed by atoms with E-state index in [1.165, 1.54) is 0 Å². The Hall–Kier alpha value is -1.14. The van der Waals surface area contributed by atoms with Crippen molar-refractivity contribution in [1.29, 1.82) is 0 Å². The van der Waals surface area contributed by atoms with Gasteiger partial charge in [0.25, 0.3) is 5.91 Å². The minimum atomic E-state index is -1.02. The number of amides is 1. The molecule has 1 amide bonds. The van der Waals surface area contributed by atoms with Crippen LogP contribution in [0.25, 0.3) is 0 Å². The fraction of sp³-hybridized carbons (Fsp3) is 0.818. The molecule has 0 bridgehead atoms. The van der Waals surface area contributed by atoms with Crippen LogP contribution in [-0.4, -0.2) is 57.9 Å². The second kappa shape index (κ2) is 4.27. The summed E-state index contributed by atoms with van der Waals surface area (Å²) >= 11 is 0. The van der Waals surface area contributed by atoms with Gasteiger partial charge < -0.3 is 19.8 Å². The monoisotopic (exact) mass is 243 g/mol. The van der Waals surface area contributed by atoms with Crippen LogP contribution in [0.1, 0.15) is 26.2 Å². The topological polar surface area (TPSA) is 87.1 Å². The number of carboxylic acids is 1. The zero-order valence-corrected chi connectivity index (χ0v) is 9.76. The smallest absolute Gasteiger partial charge is 0.332 e. The van der Waals surface area contributed by atoms with E-state index in [2.05, 4.69) is 0 Å². The van der Waals surface area contributed by atoms with Crippen molar-refractivity contribution in [1.82, 2.24) is 4.90 Å². The molecule has 2 fully saturated rings. The van der Waals surface area contributed by atoms with Crippen molar-refractivity contribution >= 4 is 11.9 Å². The number of aliphatic hydroxyl groups is 1. The third-order valence-electron chi connectivity index (χ3n) is 3.33. The van der Waals surface area contributed by atoms with Gasteiger partial charge in [0.2, 0.25) is 0 Å². The lowest BCUT2D eigenvalue weighted by atomic mass is 10.1. The summed E-state index contributed by atoms with van der Waals surface area (Å²) in [5, 5.41) is 18.5. The van der Waals surface area contributed by atoms with Gasteiger partial charge in [0.15, 0.2) is 6.10 Å². The summed E-state index contributed by atoms with van der Waals surface area (Å²) in [6.45, 7) is 2.49. The molecule has 3 atom stereocenters. The molecule has 0 aromatic heterocycles. The SMILES string of the molecule is CC1(O)CCN(C(=O)C2CCC(C(=O)O)O2)C1. The zero-order chi connectivity index (χ0) is 12.6. The van der Waals surface area contributed by atoms with E-state index in [4.69, 9.17) is 9.84 Å². The van der Waals surface area contributed by atoms with Gasteiger partial charge in [0.1, 0.15) is 6.10 Å². The van der Waals surface area contributed by atoms with Crippen LogP contribution < -0.4 is 0 Å². The normalized spacial score (nSPS) is 37.4. The second-order valence-corrected chi connectivity index (χ2v) is 5.04. The first-order valence-corrected chi connectivity index (χ1v) is 5.78. The van der Waals surface area contributed by atoms with Gasteiger partial charge in [0.05, 0.1) is 5.60 Å². The highest BCUT2D eigenvalue weighted by atomic mass is 16.5. The van der Waals surface area contributed by atoms with E-state index in [0.29, 0.717) is 32.4 Å². The molecule has 2 heterocycles. The summed E-state index contributed by atoms with van der Waals surface area (Å²) in [6, 6.07) is 0. The predicted molar refractivity (Wildman–Crippen MR) is 57.4 cm³/mol. The highest BCUT2D eigenvalue weighted by molar-refractivity contribution is 5.83. The molecule has 2 rings (SSSR count). The van der Waals surface area contributed by atoms with Crippen LogP contribution in [0.4, 0.5) is 0 Å². The molecular weight excluding hydrogens is 226 g/mol. The lowest BCUT2D eigenvalue weighted by Gasteiger charge is -2.22. The van der Waals surface area contributed by atoms with E-state index in [-0.39, 0.29) is 5.91 Å². The first-order valence-electron chi connectivity index (χ1n) is 5.78. The first kappa shape index (κ1) is 12.3. The van der Waals surface area contributed by atoms with Crippen LogP contribution >= 0.6 is 0 Å². The zero-order valence-electron chi connectivity index (χ0n) is 9.76. The number of carbonyl (C=O) groups is 2. The summed E-state index contributed by atoms with van der Waals surface area (Å²) in [5.74, 6) is -1.22. The Morgan fingerprint density at radius 1 is 1.35 bits per heavy atom. The van der Waals surface area contributed by atoms with Crippen LogP contribution in [0.2, 0.25) is 0 Å². The van der Waals surface area contributed by atoms with Crippen LogP contribution in [0.5, 0.6) is 0 Å². The van der Waals surface area contributed by atoms with E-state index in [9.17, 15) is 14.7 Å². The molecule has 96 valence electrons. The maximum atomic E-state index is 12.0. The number of likely N-dealkylation sites (tertiary alicyclic amines) is 1. The van der Waals surface area contributed by atoms with Crippen molar-refractivity contribution in [3.8, 4) is 0 Å². The predicted octanol–water partition coefficient (Wildman–Crippen LogP) is -0.398. The number of β-amino-alcohol motifs (C(OH)–C–C–N with tert-alkyl or cyclic N) is 1. The second-order valence-electron chi connectivity index (χ2n) is 5.04. The van der Waals surface area contributed by atoms with Gasteiger partial charge in [-0.15, -0.1) is 0 Å². The van der Waals surface area contributed by atoms with E-state index in [1.807, 2.05) is 0 Å². The Morgan fingerprint density at radius 2 is 2.00 bits per heavy atom. The van der Waals surface area contributed by atoms with Crippen molar-refractivity contribution in [2.75, 3.05) is 13.1 Å². The first-order chi connectivity index (χ1) is 7.89. The summed E-state index contributed by atoms with van der Waals surface area (Å²) in [5.41, 5.74) is -0.833. The molecule has 2 aliphatic heterocycles. The molecule has 0 aromatic rings. The minimum Gasteiger partial charge on any atom is -0.479 e. The quantitative estimate of drug-likeness (QED) is 0.689. The largest absolute Gasteiger partial charge is 0.479 e. The third kappa shape index (κ3) is 2.58. The maximum Gasteiger partial charge on any atom is 0.332 e. The van der Waals surface area contributed by atoms with Crippen molar-refractivity contribution < 1.29 is 24.5 Å². The van der Waals surface area contributed by atoms with E-state index >= 15 is 0 Å². The molecule has 6 nitrogen and oxygen atoms in total. The highest BCUT2D eigenvalue weighted by Gasteiger charge is 2.41. The molecule has 0 aromatic carbocycles. The van der Waals surface area contributed by atoms with Crippen LogP contribution in [0.15, 0.2) is 0 Å². The van der Waals surface area contributed by atoms with Gasteiger partial charge in [-0.3, -0.25) is 4.79 Å². The Morgan fingerprint density at radius 3 is 2.47 bits per heavy atom. The molecule has 6 heteroatoms. The van der Waals surface area contributed by atoms with Gasteiger partial charge >= 0.3 is 5.97 Å². The summed E-state index contributed by atoms with van der Waals surface area (Å²) < 4.78 is 5.19. The van der Waals surface area contributed by atoms with E-state index < -0.39 is 23.8 Å². The van der Waals surface area contributed by atoms with Crippen molar-refractivity contribution in [3.05, 3.63) is 0 Å². The number of rotatable bonds is 2. The van der Waals surface area contributed by atoms with Gasteiger partial charge in [0, 0.05) is 13.1 Å². The van der Waals surface area contributed by atoms with Gasteiger partial charge in [-0.1, -0.05) is 0 Å². The fourth-order valence-corrected chi connectivity index (χ4v) is 2.34. The fourth-order valence-electron chi connectivity index (χ4n) is 2.34. The molecular formula is C11H17NO5. The molecule has 3 unspecified atom stereocenters. The Kier molecular flexibility index (Phi) is 3.09. The molecule has 0 spiro atoms. The van der Waals surface area contributed by atoms with Crippen molar-refractivity contribution in [2.45, 2.75) is 44.0 Å².